The number of hydrogen-bond donors (Lipinski definition) is 2. The molecule has 33 heavy (non-hydrogen) atoms. The second kappa shape index (κ2) is 10.3. The standard InChI is InChI=1S/C26H25N5O2/c1-18-17-24(19-7-5-4-6-8-19)30-26(29-21-11-15-23(33-3)16-12-21)31-25(27-18)28-20-9-13-22(32-2)14-10-20/h4-17H,1-3H3,(H2,27,28,29,30,31). The van der Waals surface area contributed by atoms with Gasteiger partial charge < -0.3 is 20.1 Å². The number of allylic oxidation sites excluding steroid dienone is 2. The van der Waals surface area contributed by atoms with E-state index >= 15 is 0 Å². The molecule has 0 aliphatic carbocycles. The first-order valence-electron chi connectivity index (χ1n) is 10.4. The van der Waals surface area contributed by atoms with Crippen LogP contribution < -0.4 is 20.1 Å². The van der Waals surface area contributed by atoms with Gasteiger partial charge >= 0.3 is 0 Å². The van der Waals surface area contributed by atoms with Crippen molar-refractivity contribution < 1.29 is 9.47 Å². The van der Waals surface area contributed by atoms with Gasteiger partial charge in [0.05, 0.1) is 25.6 Å². The van der Waals surface area contributed by atoms with Gasteiger partial charge in [-0.05, 0) is 61.5 Å². The van der Waals surface area contributed by atoms with Crippen molar-refractivity contribution >= 4 is 29.0 Å². The molecule has 166 valence electrons. The number of methoxy groups -OCH3 is 2. The quantitative estimate of drug-likeness (QED) is 0.576. The van der Waals surface area contributed by atoms with E-state index in [9.17, 15) is 0 Å². The van der Waals surface area contributed by atoms with E-state index in [1.54, 1.807) is 14.2 Å². The molecule has 0 bridgehead atoms. The van der Waals surface area contributed by atoms with E-state index in [2.05, 4.69) is 15.6 Å². The van der Waals surface area contributed by atoms with Crippen LogP contribution in [0.1, 0.15) is 12.5 Å². The van der Waals surface area contributed by atoms with Crippen LogP contribution in [0, 0.1) is 0 Å². The number of aliphatic imine (C=N–C) groups is 3. The first kappa shape index (κ1) is 21.8. The number of hydrogen-bond acceptors (Lipinski definition) is 5. The summed E-state index contributed by atoms with van der Waals surface area (Å²) in [5.74, 6) is 2.36. The molecule has 7 nitrogen and oxygen atoms in total. The summed E-state index contributed by atoms with van der Waals surface area (Å²) in [6, 6.07) is 25.0. The molecule has 0 atom stereocenters. The molecule has 0 saturated heterocycles. The number of benzene rings is 3. The molecular weight excluding hydrogens is 414 g/mol. The highest BCUT2D eigenvalue weighted by atomic mass is 16.5. The van der Waals surface area contributed by atoms with Crippen molar-refractivity contribution in [3.05, 3.63) is 96.2 Å². The molecule has 0 unspecified atom stereocenters. The third-order valence-electron chi connectivity index (χ3n) is 4.82. The van der Waals surface area contributed by atoms with Crippen LogP contribution in [0.2, 0.25) is 0 Å². The third-order valence-corrected chi connectivity index (χ3v) is 4.82. The zero-order chi connectivity index (χ0) is 23.0. The van der Waals surface area contributed by atoms with Crippen LogP contribution in [0.25, 0.3) is 0 Å². The lowest BCUT2D eigenvalue weighted by molar-refractivity contribution is 0.415. The molecule has 0 saturated carbocycles. The molecule has 3 aromatic carbocycles. The minimum absolute atomic E-state index is 0.311. The van der Waals surface area contributed by atoms with Crippen LogP contribution in [-0.4, -0.2) is 31.9 Å². The van der Waals surface area contributed by atoms with E-state index in [1.165, 1.54) is 0 Å². The summed E-state index contributed by atoms with van der Waals surface area (Å²) in [5.41, 5.74) is 4.20. The molecule has 4 rings (SSSR count). The van der Waals surface area contributed by atoms with Crippen LogP contribution >= 0.6 is 0 Å². The number of nitrogens with zero attached hydrogens (tertiary/aromatic N) is 3. The van der Waals surface area contributed by atoms with Gasteiger partial charge in [-0.2, -0.15) is 4.99 Å². The lowest BCUT2D eigenvalue weighted by Gasteiger charge is -2.16. The molecule has 1 aliphatic rings. The average Bonchev–Trinajstić information content (AvgIpc) is 2.84. The fraction of sp³-hybridized carbons (Fsp3) is 0.115. The van der Waals surface area contributed by atoms with Crippen molar-refractivity contribution in [1.82, 2.24) is 5.32 Å². The first-order chi connectivity index (χ1) is 16.1. The van der Waals surface area contributed by atoms with Crippen molar-refractivity contribution in [2.45, 2.75) is 6.92 Å². The SMILES string of the molecule is COc1ccc(N=C2/N=C(/Nc3ccc(OC)cc3)N/C(C)=C\C(c3ccccc3)=N/2)cc1. The molecule has 3 aromatic rings. The van der Waals surface area contributed by atoms with Crippen LogP contribution in [0.3, 0.4) is 0 Å². The Morgan fingerprint density at radius 3 is 2.06 bits per heavy atom. The molecule has 0 fully saturated rings. The summed E-state index contributed by atoms with van der Waals surface area (Å²) in [7, 11) is 3.27. The first-order valence-corrected chi connectivity index (χ1v) is 10.4. The summed E-state index contributed by atoms with van der Waals surface area (Å²) in [5, 5.41) is 6.61. The van der Waals surface area contributed by atoms with Crippen molar-refractivity contribution in [3.63, 3.8) is 0 Å². The van der Waals surface area contributed by atoms with Gasteiger partial charge in [0, 0.05) is 16.9 Å². The number of guanidine groups is 2. The third kappa shape index (κ3) is 5.86. The van der Waals surface area contributed by atoms with Crippen LogP contribution in [0.5, 0.6) is 11.5 Å². The van der Waals surface area contributed by atoms with Gasteiger partial charge in [0.25, 0.3) is 5.96 Å². The summed E-state index contributed by atoms with van der Waals surface area (Å²) in [6.45, 7) is 1.97. The van der Waals surface area contributed by atoms with E-state index in [4.69, 9.17) is 19.5 Å². The minimum Gasteiger partial charge on any atom is -0.497 e. The second-order valence-corrected chi connectivity index (χ2v) is 7.24. The second-order valence-electron chi connectivity index (χ2n) is 7.24. The number of rotatable bonds is 5. The maximum Gasteiger partial charge on any atom is 0.253 e. The molecule has 0 spiro atoms. The summed E-state index contributed by atoms with van der Waals surface area (Å²) in [4.78, 5) is 14.1. The van der Waals surface area contributed by atoms with Gasteiger partial charge in [0.15, 0.2) is 0 Å². The maximum absolute atomic E-state index is 5.24. The summed E-state index contributed by atoms with van der Waals surface area (Å²) in [6.07, 6.45) is 1.98. The van der Waals surface area contributed by atoms with Crippen molar-refractivity contribution in [1.29, 1.82) is 0 Å². The van der Waals surface area contributed by atoms with Crippen molar-refractivity contribution in [2.75, 3.05) is 19.5 Å². The van der Waals surface area contributed by atoms with Crippen molar-refractivity contribution in [2.24, 2.45) is 15.0 Å². The van der Waals surface area contributed by atoms with Gasteiger partial charge in [0.2, 0.25) is 5.96 Å². The topological polar surface area (TPSA) is 79.6 Å². The average molecular weight is 440 g/mol. The molecule has 1 aliphatic heterocycles. The van der Waals surface area contributed by atoms with Gasteiger partial charge in [-0.25, -0.2) is 9.98 Å². The number of ether oxygens (including phenoxy) is 2. The highest BCUT2D eigenvalue weighted by Gasteiger charge is 2.11. The molecule has 7 heteroatoms. The van der Waals surface area contributed by atoms with E-state index in [0.717, 1.165) is 39.8 Å². The smallest absolute Gasteiger partial charge is 0.253 e. The monoisotopic (exact) mass is 439 g/mol. The Balaban J connectivity index is 1.74. The Bertz CT molecular complexity index is 1210. The summed E-state index contributed by atoms with van der Waals surface area (Å²) >= 11 is 0. The van der Waals surface area contributed by atoms with Crippen LogP contribution in [0.4, 0.5) is 11.4 Å². The fourth-order valence-electron chi connectivity index (χ4n) is 3.17. The Labute approximate surface area is 193 Å². The van der Waals surface area contributed by atoms with E-state index in [0.29, 0.717) is 11.9 Å². The van der Waals surface area contributed by atoms with Gasteiger partial charge in [-0.1, -0.05) is 30.3 Å². The lowest BCUT2D eigenvalue weighted by Crippen LogP contribution is -2.31. The zero-order valence-corrected chi connectivity index (χ0v) is 18.7. The normalized spacial score (nSPS) is 19.5. The molecular formula is C26H25N5O2. The van der Waals surface area contributed by atoms with E-state index < -0.39 is 0 Å². The lowest BCUT2D eigenvalue weighted by atomic mass is 10.1. The van der Waals surface area contributed by atoms with E-state index in [-0.39, 0.29) is 0 Å². The van der Waals surface area contributed by atoms with Gasteiger partial charge in [-0.3, -0.25) is 0 Å². The minimum atomic E-state index is 0.311. The van der Waals surface area contributed by atoms with E-state index in [1.807, 2.05) is 91.9 Å². The number of anilines is 1. The highest BCUT2D eigenvalue weighted by molar-refractivity contribution is 6.17. The molecule has 1 heterocycles. The van der Waals surface area contributed by atoms with Crippen LogP contribution in [-0.2, 0) is 0 Å². The fourth-order valence-corrected chi connectivity index (χ4v) is 3.17. The Kier molecular flexibility index (Phi) is 6.80. The molecule has 2 N–H and O–H groups in total. The maximum atomic E-state index is 5.24. The number of nitrogens with one attached hydrogen (secondary N) is 2. The Morgan fingerprint density at radius 2 is 1.42 bits per heavy atom. The largest absolute Gasteiger partial charge is 0.497 e. The molecule has 0 radical (unpaired) electrons. The predicted molar refractivity (Wildman–Crippen MR) is 134 cm³/mol. The summed E-state index contributed by atoms with van der Waals surface area (Å²) < 4.78 is 10.5. The molecule has 0 amide bonds. The van der Waals surface area contributed by atoms with Crippen molar-refractivity contribution in [3.8, 4) is 11.5 Å². The molecule has 0 aromatic heterocycles. The van der Waals surface area contributed by atoms with Gasteiger partial charge in [-0.15, -0.1) is 0 Å². The zero-order valence-electron chi connectivity index (χ0n) is 18.7. The Morgan fingerprint density at radius 1 is 0.788 bits per heavy atom. The Hall–Kier alpha value is -4.39. The van der Waals surface area contributed by atoms with Crippen LogP contribution in [0.15, 0.2) is 106 Å². The highest BCUT2D eigenvalue weighted by Crippen LogP contribution is 2.19. The van der Waals surface area contributed by atoms with Gasteiger partial charge in [0.1, 0.15) is 11.5 Å². The predicted octanol–water partition coefficient (Wildman–Crippen LogP) is 5.16.